The minimum atomic E-state index is -4.50. The molecule has 24 nitrogen and oxygen atoms in total. The number of carboxylic acid groups (broad SMARTS) is 1. The van der Waals surface area contributed by atoms with Crippen LogP contribution in [0, 0.1) is 5.92 Å². The van der Waals surface area contributed by atoms with E-state index in [0.29, 0.717) is 28.2 Å². The first-order valence-electron chi connectivity index (χ1n) is 21.2. The largest absolute Gasteiger partial charge is 0.478 e. The van der Waals surface area contributed by atoms with E-state index in [1.165, 1.54) is 18.2 Å². The van der Waals surface area contributed by atoms with Crippen molar-refractivity contribution in [3.8, 4) is 0 Å². The summed E-state index contributed by atoms with van der Waals surface area (Å²) in [5, 5.41) is 19.4. The highest BCUT2D eigenvalue weighted by Crippen LogP contribution is 2.50. The third-order valence-corrected chi connectivity index (χ3v) is 14.5. The number of nitrogens with zero attached hydrogens (tertiary/aromatic N) is 2. The van der Waals surface area contributed by atoms with Crippen LogP contribution in [0.5, 0.6) is 0 Å². The molecule has 0 aliphatic carbocycles. The van der Waals surface area contributed by atoms with Gasteiger partial charge in [-0.3, -0.25) is 37.4 Å². The minimum Gasteiger partial charge on any atom is -0.478 e. The van der Waals surface area contributed by atoms with Crippen LogP contribution in [0.2, 0.25) is 0 Å². The normalized spacial score (nSPS) is 16.4. The Balaban J connectivity index is 1.85. The van der Waals surface area contributed by atoms with Crippen molar-refractivity contribution in [1.29, 1.82) is 0 Å². The van der Waals surface area contributed by atoms with Crippen LogP contribution in [0.15, 0.2) is 42.1 Å². The van der Waals surface area contributed by atoms with Gasteiger partial charge in [-0.15, -0.1) is 0 Å². The van der Waals surface area contributed by atoms with Gasteiger partial charge in [0.1, 0.15) is 6.54 Å². The van der Waals surface area contributed by atoms with Crippen LogP contribution in [-0.4, -0.2) is 159 Å². The van der Waals surface area contributed by atoms with Gasteiger partial charge in [-0.25, -0.2) is 4.79 Å². The highest BCUT2D eigenvalue weighted by atomic mass is 32.2. The number of aromatic carboxylic acids is 1. The molecule has 4 amide bonds. The number of amides is 4. The van der Waals surface area contributed by atoms with Gasteiger partial charge in [-0.05, 0) is 44.9 Å². The molecule has 2 aromatic carbocycles. The van der Waals surface area contributed by atoms with Gasteiger partial charge in [0.15, 0.2) is 5.71 Å². The number of allylic oxidation sites excluding steroid dienone is 2. The fourth-order valence-corrected chi connectivity index (χ4v) is 10.5. The van der Waals surface area contributed by atoms with E-state index in [1.54, 1.807) is 49.3 Å². The first-order chi connectivity index (χ1) is 31.6. The molecular weight excluding hydrogens is 993 g/mol. The predicted molar refractivity (Wildman–Crippen MR) is 250 cm³/mol. The molecule has 0 aromatic heterocycles. The molecule has 0 saturated carbocycles. The van der Waals surface area contributed by atoms with E-state index >= 15 is 0 Å². The summed E-state index contributed by atoms with van der Waals surface area (Å²) in [6, 6.07) is 7.27. The topological polar surface area (TPSA) is 377 Å². The van der Waals surface area contributed by atoms with Crippen LogP contribution in [0.4, 0.5) is 11.4 Å². The van der Waals surface area contributed by atoms with Crippen LogP contribution in [0.25, 0.3) is 0 Å². The lowest BCUT2D eigenvalue weighted by atomic mass is 9.74. The van der Waals surface area contributed by atoms with Crippen molar-refractivity contribution in [1.82, 2.24) is 21.3 Å². The maximum absolute atomic E-state index is 14.2. The molecule has 1 atom stereocenters. The molecule has 2 aliphatic rings. The van der Waals surface area contributed by atoms with E-state index in [2.05, 4.69) is 21.3 Å². The number of carbonyl (C=O) groups excluding carboxylic acids is 4. The van der Waals surface area contributed by atoms with Crippen LogP contribution in [0.3, 0.4) is 0 Å². The Kier molecular flexibility index (Phi) is 17.7. The van der Waals surface area contributed by atoms with Crippen LogP contribution in [-0.2, 0) is 60.9 Å². The quantitative estimate of drug-likeness (QED) is 0.0510. The zero-order valence-electron chi connectivity index (χ0n) is 38.3. The standard InChI is InChI=1S/C41H56N6O18S4/c1-25(11-12-31-40(2,3)34-27(39(52)53)9-6-10-29(34)46(31)15-7-17-66(54,55)56)36-41(4,5)35-28(38(51)45-24-33(49)43-14-20-69(63,64)65)21-26(22-30(35)47(36)16-8-18-67(57,58)59)37(50)44-23-32(48)42-13-19-68(60,61)62/h6,9-10,12,21-22,25H,7-8,11,13-20,23-24H2,1-5H3,(H8-,42,43,44,45,48,49,50,51,52,53,54,55,56,57,58,59,60,61,62,63,64,65)/p+1. The second-order valence-electron chi connectivity index (χ2n) is 17.5. The second-order valence-corrected chi connectivity index (χ2v) is 23.8. The molecule has 4 rings (SSSR count). The molecule has 69 heavy (non-hydrogen) atoms. The summed E-state index contributed by atoms with van der Waals surface area (Å²) in [5.41, 5.74) is 0.118. The first-order valence-corrected chi connectivity index (χ1v) is 27.7. The van der Waals surface area contributed by atoms with Gasteiger partial charge in [0, 0.05) is 66.0 Å². The molecule has 2 aromatic rings. The SMILES string of the molecule is CC(CC=C1N(CCCS(=O)(=O)O)c2cccc(C(=O)O)c2C1(C)C)C1=[N+](CCCS(=O)(=O)O)c2cc(C(=O)NCC(=O)NCCS(=O)(=O)O)cc(C(=O)NCC(=O)NCCS(=O)(=O)O)c2C1(C)C. The molecular formula is C41H57N6O18S4+. The highest BCUT2D eigenvalue weighted by molar-refractivity contribution is 7.86. The van der Waals surface area contributed by atoms with Gasteiger partial charge >= 0.3 is 5.97 Å². The van der Waals surface area contributed by atoms with E-state index in [0.717, 1.165) is 0 Å². The smallest absolute Gasteiger partial charge is 0.336 e. The Morgan fingerprint density at radius 3 is 1.72 bits per heavy atom. The highest BCUT2D eigenvalue weighted by Gasteiger charge is 2.51. The summed E-state index contributed by atoms with van der Waals surface area (Å²) < 4.78 is 131. The molecule has 2 aliphatic heterocycles. The maximum Gasteiger partial charge on any atom is 0.336 e. The average Bonchev–Trinajstić information content (AvgIpc) is 3.56. The fraction of sp³-hybridized carbons (Fsp3) is 0.512. The lowest BCUT2D eigenvalue weighted by Crippen LogP contribution is -2.40. The molecule has 1 unspecified atom stereocenters. The van der Waals surface area contributed by atoms with Gasteiger partial charge in [0.05, 0.1) is 58.2 Å². The Hall–Kier alpha value is -5.36. The molecule has 382 valence electrons. The number of carbonyl (C=O) groups is 5. The Morgan fingerprint density at radius 2 is 1.20 bits per heavy atom. The Morgan fingerprint density at radius 1 is 0.681 bits per heavy atom. The van der Waals surface area contributed by atoms with Gasteiger partial charge in [-0.2, -0.15) is 38.2 Å². The number of carboxylic acids is 1. The van der Waals surface area contributed by atoms with E-state index in [-0.39, 0.29) is 54.7 Å². The zero-order valence-corrected chi connectivity index (χ0v) is 41.6. The summed E-state index contributed by atoms with van der Waals surface area (Å²) in [4.78, 5) is 67.3. The molecule has 28 heteroatoms. The van der Waals surface area contributed by atoms with Crippen molar-refractivity contribution in [3.05, 3.63) is 69.9 Å². The number of benzene rings is 2. The average molecular weight is 1050 g/mol. The van der Waals surface area contributed by atoms with Gasteiger partial charge in [0.25, 0.3) is 52.3 Å². The molecule has 0 spiro atoms. The Labute approximate surface area is 400 Å². The van der Waals surface area contributed by atoms with Gasteiger partial charge < -0.3 is 31.3 Å². The Bertz CT molecular complexity index is 2910. The fourth-order valence-electron chi connectivity index (χ4n) is 8.82. The van der Waals surface area contributed by atoms with Crippen LogP contribution >= 0.6 is 0 Å². The summed E-state index contributed by atoms with van der Waals surface area (Å²) >= 11 is 0. The summed E-state index contributed by atoms with van der Waals surface area (Å²) in [6.45, 7) is 6.48. The first kappa shape index (κ1) is 56.2. The third-order valence-electron chi connectivity index (χ3n) is 11.5. The number of hydrogen-bond donors (Lipinski definition) is 9. The van der Waals surface area contributed by atoms with Crippen molar-refractivity contribution >= 4 is 87.2 Å². The van der Waals surface area contributed by atoms with Crippen molar-refractivity contribution in [2.75, 3.05) is 67.2 Å². The monoisotopic (exact) mass is 1050 g/mol. The number of hydrogen-bond acceptors (Lipinski definition) is 14. The van der Waals surface area contributed by atoms with E-state index < -0.39 is 136 Å². The van der Waals surface area contributed by atoms with Crippen molar-refractivity contribution in [3.63, 3.8) is 0 Å². The molecule has 0 saturated heterocycles. The lowest BCUT2D eigenvalue weighted by molar-refractivity contribution is -0.441. The van der Waals surface area contributed by atoms with E-state index in [4.69, 9.17) is 9.11 Å². The molecule has 0 fully saturated rings. The summed E-state index contributed by atoms with van der Waals surface area (Å²) in [6.07, 6.45) is 1.81. The zero-order chi connectivity index (χ0) is 52.1. The second kappa shape index (κ2) is 21.7. The molecule has 0 radical (unpaired) electrons. The van der Waals surface area contributed by atoms with Crippen LogP contribution in [0.1, 0.15) is 96.1 Å². The summed E-state index contributed by atoms with van der Waals surface area (Å²) in [7, 11) is -17.7. The number of nitrogens with one attached hydrogen (secondary N) is 4. The minimum absolute atomic E-state index is 0.0134. The van der Waals surface area contributed by atoms with Crippen molar-refractivity contribution < 1.29 is 85.5 Å². The maximum atomic E-state index is 14.2. The number of anilines is 1. The summed E-state index contributed by atoms with van der Waals surface area (Å²) in [5.74, 6) is -8.16. The number of rotatable bonds is 24. The van der Waals surface area contributed by atoms with E-state index in [9.17, 15) is 71.9 Å². The van der Waals surface area contributed by atoms with E-state index in [1.807, 2.05) is 13.0 Å². The van der Waals surface area contributed by atoms with Gasteiger partial charge in [0.2, 0.25) is 17.5 Å². The van der Waals surface area contributed by atoms with Gasteiger partial charge in [-0.1, -0.05) is 32.9 Å². The third kappa shape index (κ3) is 15.1. The predicted octanol–water partition coefficient (Wildman–Crippen LogP) is 0.492. The van der Waals surface area contributed by atoms with Crippen molar-refractivity contribution in [2.45, 2.75) is 64.7 Å². The molecule has 9 N–H and O–H groups in total. The lowest BCUT2D eigenvalue weighted by Gasteiger charge is -2.28. The molecule has 2 heterocycles. The number of fused-ring (bicyclic) bond motifs is 2. The van der Waals surface area contributed by atoms with Crippen LogP contribution < -0.4 is 26.2 Å². The molecule has 0 bridgehead atoms. The van der Waals surface area contributed by atoms with Crippen molar-refractivity contribution in [2.24, 2.45) is 5.92 Å².